The molecule has 0 saturated heterocycles. The van der Waals surface area contributed by atoms with Crippen LogP contribution in [-0.4, -0.2) is 170 Å². The summed E-state index contributed by atoms with van der Waals surface area (Å²) < 4.78 is 0. The van der Waals surface area contributed by atoms with Crippen molar-refractivity contribution >= 4 is 105 Å². The number of para-hydroxylation sites is 2. The minimum atomic E-state index is -1.53. The van der Waals surface area contributed by atoms with Crippen molar-refractivity contribution in [2.45, 2.75) is 153 Å². The minimum Gasteiger partial charge on any atom is -0.481 e. The fourth-order valence-electron chi connectivity index (χ4n) is 9.69. The molecule has 3 aromatic carbocycles. The summed E-state index contributed by atoms with van der Waals surface area (Å²) in [6.45, 7) is 7.03. The van der Waals surface area contributed by atoms with Crippen LogP contribution in [0.25, 0.3) is 21.8 Å². The highest BCUT2D eigenvalue weighted by molar-refractivity contribution is 7.80. The molecule has 0 aliphatic rings. The van der Waals surface area contributed by atoms with Crippen LogP contribution in [0.3, 0.4) is 0 Å². The molecule has 2 aromatic heterocycles. The Balaban J connectivity index is 1.26. The maximum Gasteiger partial charge on any atom is 0.326 e. The summed E-state index contributed by atoms with van der Waals surface area (Å²) in [4.78, 5) is 168. The van der Waals surface area contributed by atoms with Gasteiger partial charge in [-0.1, -0.05) is 87.0 Å². The van der Waals surface area contributed by atoms with E-state index in [9.17, 15) is 67.7 Å². The normalized spacial score (nSPS) is 14.8. The molecule has 0 fully saturated rings. The number of fused-ring (bicyclic) bond motifs is 2. The van der Waals surface area contributed by atoms with Gasteiger partial charge in [0.2, 0.25) is 59.1 Å². The molecule has 0 spiro atoms. The fourth-order valence-corrected chi connectivity index (χ4v) is 9.94. The highest BCUT2D eigenvalue weighted by Gasteiger charge is 2.35. The second kappa shape index (κ2) is 35.7. The molecule has 29 heteroatoms. The van der Waals surface area contributed by atoms with Gasteiger partial charge in [0.05, 0.1) is 12.6 Å². The Morgan fingerprint density at radius 1 is 0.505 bits per heavy atom. The van der Waals surface area contributed by atoms with Crippen LogP contribution < -0.4 is 64.6 Å². The van der Waals surface area contributed by atoms with Crippen molar-refractivity contribution in [3.8, 4) is 0 Å². The molecule has 28 nitrogen and oxygen atoms in total. The number of carboxylic acids is 2. The smallest absolute Gasteiger partial charge is 0.326 e. The lowest BCUT2D eigenvalue weighted by Crippen LogP contribution is -2.60. The number of thiol groups is 1. The van der Waals surface area contributed by atoms with Crippen LogP contribution in [0.1, 0.15) is 89.8 Å². The van der Waals surface area contributed by atoms with Gasteiger partial charge in [-0.05, 0) is 87.7 Å². The average molecular weight is 1280 g/mol. The summed E-state index contributed by atoms with van der Waals surface area (Å²) in [7, 11) is 0. The second-order valence-electron chi connectivity index (χ2n) is 22.3. The largest absolute Gasteiger partial charge is 0.481 e. The molecule has 5 rings (SSSR count). The predicted molar refractivity (Wildman–Crippen MR) is 340 cm³/mol. The number of carboxylic acid groups (broad SMARTS) is 2. The number of carbonyl (C=O) groups is 12. The number of H-pyrrole nitrogens is 2. The number of aromatic nitrogens is 2. The molecule has 91 heavy (non-hydrogen) atoms. The van der Waals surface area contributed by atoms with Gasteiger partial charge in [0, 0.05) is 65.6 Å². The van der Waals surface area contributed by atoms with E-state index in [2.05, 4.69) is 75.8 Å². The van der Waals surface area contributed by atoms with E-state index in [1.165, 1.54) is 20.8 Å². The molecule has 5 aromatic rings. The first-order chi connectivity index (χ1) is 43.3. The maximum absolute atomic E-state index is 14.6. The van der Waals surface area contributed by atoms with E-state index >= 15 is 0 Å². The summed E-state index contributed by atoms with van der Waals surface area (Å²) in [5.41, 5.74) is 14.8. The second-order valence-corrected chi connectivity index (χ2v) is 22.7. The summed E-state index contributed by atoms with van der Waals surface area (Å²) in [5.74, 6) is -11.6. The Hall–Kier alpha value is -9.35. The van der Waals surface area contributed by atoms with Crippen molar-refractivity contribution in [2.24, 2.45) is 17.4 Å². The molecule has 0 aliphatic heterocycles. The third kappa shape index (κ3) is 22.3. The quantitative estimate of drug-likeness (QED) is 0.0178. The third-order valence-corrected chi connectivity index (χ3v) is 15.6. The van der Waals surface area contributed by atoms with Crippen molar-refractivity contribution in [1.82, 2.24) is 63.1 Å². The molecule has 18 N–H and O–H groups in total. The summed E-state index contributed by atoms with van der Waals surface area (Å²) >= 11 is 4.25. The standard InChI is InChI=1S/C62H84N14O14S/c1-6-33(2)52(61(88)71-44(22-14-15-25-63)56(83)69-36(5)55(82)70-45(23-24-51(78)79)57(84)74-48(62(89)90)26-37-16-8-7-9-17-37)76-50(77)31-67-54(81)35(4)68-58(85)46(27-38-29-65-42-20-12-10-18-40(38)42)72-59(86)47(28-39-30-66-43-21-13-11-19-41(39)43)73-60(87)49(32-91)75-53(80)34(3)64/h7-13,16-21,29-30,33-36,44-49,52,65-66,91H,6,14-15,22-28,31-32,63-64H2,1-5H3,(H,67,81)(H,68,85)(H,69,83)(H,70,82)(H,71,88)(H,72,86)(H,73,87)(H,74,84)(H,75,80)(H,76,77)(H,78,79)(H,89,90)/t33-,34-,35-,36-,44-,45-,46-,47-,48-,49-,52-/m0/s1. The number of amides is 10. The van der Waals surface area contributed by atoms with Gasteiger partial charge in [-0.25, -0.2) is 4.79 Å². The summed E-state index contributed by atoms with van der Waals surface area (Å²) in [6.07, 6.45) is 3.18. The molecule has 10 amide bonds. The van der Waals surface area contributed by atoms with E-state index < -0.39 is 157 Å². The fraction of sp³-hybridized carbons (Fsp3) is 0.452. The van der Waals surface area contributed by atoms with Gasteiger partial charge in [-0.2, -0.15) is 12.6 Å². The van der Waals surface area contributed by atoms with Crippen molar-refractivity contribution in [1.29, 1.82) is 0 Å². The van der Waals surface area contributed by atoms with Crippen molar-refractivity contribution < 1.29 is 67.7 Å². The Morgan fingerprint density at radius 3 is 1.49 bits per heavy atom. The van der Waals surface area contributed by atoms with Gasteiger partial charge in [-0.3, -0.25) is 52.7 Å². The van der Waals surface area contributed by atoms with Crippen molar-refractivity contribution in [3.63, 3.8) is 0 Å². The molecular weight excluding hydrogens is 1200 g/mol. The van der Waals surface area contributed by atoms with Gasteiger partial charge in [0.1, 0.15) is 54.4 Å². The number of aromatic amines is 2. The Kier molecular flexibility index (Phi) is 28.4. The minimum absolute atomic E-state index is 0.0207. The number of nitrogens with two attached hydrogens (primary N) is 2. The van der Waals surface area contributed by atoms with Crippen LogP contribution >= 0.6 is 12.6 Å². The van der Waals surface area contributed by atoms with E-state index in [4.69, 9.17) is 11.5 Å². The molecule has 492 valence electrons. The molecule has 0 saturated carbocycles. The molecule has 0 aliphatic carbocycles. The Labute approximate surface area is 531 Å². The van der Waals surface area contributed by atoms with E-state index in [-0.39, 0.29) is 38.0 Å². The number of nitrogens with one attached hydrogen (secondary N) is 12. The van der Waals surface area contributed by atoms with Crippen LogP contribution in [0.5, 0.6) is 0 Å². The SMILES string of the molecule is CC[C@H](C)[C@H](NC(=O)CNC(=O)[C@H](C)NC(=O)[C@H](Cc1c[nH]c2ccccc12)NC(=O)[C@H](Cc1c[nH]c2ccccc12)NC(=O)[C@H](CS)NC(=O)[C@H](C)N)C(=O)N[C@@H](CCCCN)C(=O)N[C@@H](C)C(=O)N[C@@H](CCC(=O)O)C(=O)N[C@@H](Cc1ccccc1)C(=O)O. The van der Waals surface area contributed by atoms with Crippen LogP contribution in [0.15, 0.2) is 91.3 Å². The van der Waals surface area contributed by atoms with Crippen molar-refractivity contribution in [3.05, 3.63) is 108 Å². The predicted octanol–water partition coefficient (Wildman–Crippen LogP) is -0.402. The van der Waals surface area contributed by atoms with Gasteiger partial charge in [0.25, 0.3) is 0 Å². The zero-order valence-corrected chi connectivity index (χ0v) is 52.3. The highest BCUT2D eigenvalue weighted by Crippen LogP contribution is 2.22. The van der Waals surface area contributed by atoms with Crippen LogP contribution in [0.2, 0.25) is 0 Å². The molecule has 11 atom stereocenters. The zero-order valence-electron chi connectivity index (χ0n) is 51.4. The number of benzene rings is 3. The van der Waals surface area contributed by atoms with Gasteiger partial charge in [0.15, 0.2) is 0 Å². The lowest BCUT2D eigenvalue weighted by Gasteiger charge is -2.28. The first kappa shape index (κ1) is 72.4. The number of aliphatic carboxylic acids is 2. The third-order valence-electron chi connectivity index (χ3n) is 15.2. The van der Waals surface area contributed by atoms with E-state index in [0.29, 0.717) is 36.0 Å². The first-order valence-corrected chi connectivity index (χ1v) is 30.6. The summed E-state index contributed by atoms with van der Waals surface area (Å²) in [5, 5.41) is 46.4. The average Bonchev–Trinajstić information content (AvgIpc) is 1.99. The topological polar surface area (TPSA) is 449 Å². The van der Waals surface area contributed by atoms with E-state index in [0.717, 1.165) is 21.8 Å². The number of unbranched alkanes of at least 4 members (excludes halogenated alkanes) is 1. The zero-order chi connectivity index (χ0) is 66.9. The Morgan fingerprint density at radius 2 is 0.967 bits per heavy atom. The van der Waals surface area contributed by atoms with E-state index in [1.807, 2.05) is 42.5 Å². The van der Waals surface area contributed by atoms with Crippen molar-refractivity contribution in [2.75, 3.05) is 18.8 Å². The van der Waals surface area contributed by atoms with Crippen LogP contribution in [0.4, 0.5) is 0 Å². The highest BCUT2D eigenvalue weighted by atomic mass is 32.1. The maximum atomic E-state index is 14.6. The summed E-state index contributed by atoms with van der Waals surface area (Å²) in [6, 6.07) is 9.80. The number of hydrogen-bond acceptors (Lipinski definition) is 15. The molecular formula is C62H84N14O14S. The number of carbonyl (C=O) groups excluding carboxylic acids is 10. The lowest BCUT2D eigenvalue weighted by atomic mass is 9.97. The lowest BCUT2D eigenvalue weighted by molar-refractivity contribution is -0.143. The molecule has 0 radical (unpaired) electrons. The molecule has 2 heterocycles. The van der Waals surface area contributed by atoms with Crippen LogP contribution in [-0.2, 0) is 76.8 Å². The van der Waals surface area contributed by atoms with Gasteiger partial charge < -0.3 is 84.8 Å². The monoisotopic (exact) mass is 1280 g/mol. The first-order valence-electron chi connectivity index (χ1n) is 30.0. The molecule has 0 bridgehead atoms. The molecule has 0 unspecified atom stereocenters. The van der Waals surface area contributed by atoms with Gasteiger partial charge in [-0.15, -0.1) is 0 Å². The van der Waals surface area contributed by atoms with Gasteiger partial charge >= 0.3 is 11.9 Å². The van der Waals surface area contributed by atoms with E-state index in [1.54, 1.807) is 62.6 Å². The number of rotatable bonds is 37. The van der Waals surface area contributed by atoms with Crippen LogP contribution in [0, 0.1) is 5.92 Å². The number of hydrogen-bond donors (Lipinski definition) is 17. The Bertz CT molecular complexity index is 3360.